The number of aromatic amines is 2. The summed E-state index contributed by atoms with van der Waals surface area (Å²) < 4.78 is 1.22. The van der Waals surface area contributed by atoms with E-state index in [1.807, 2.05) is 36.7 Å². The van der Waals surface area contributed by atoms with Crippen LogP contribution in [0.3, 0.4) is 0 Å². The maximum absolute atomic E-state index is 4.14. The minimum Gasteiger partial charge on any atom is -0.346 e. The molecule has 0 aliphatic heterocycles. The maximum Gasteiger partial charge on any atom is 0.138 e. The minimum atomic E-state index is 0.956. The summed E-state index contributed by atoms with van der Waals surface area (Å²) in [5.41, 5.74) is 1.92. The zero-order valence-corrected chi connectivity index (χ0v) is 12.1. The average Bonchev–Trinajstić information content (AvgIpc) is 3.07. The number of hydrogen-bond donors (Lipinski definition) is 2. The van der Waals surface area contributed by atoms with E-state index in [-0.39, 0.29) is 0 Å². The van der Waals surface area contributed by atoms with Gasteiger partial charge in [-0.1, -0.05) is 0 Å². The fourth-order valence-electron chi connectivity index (χ4n) is 1.81. The van der Waals surface area contributed by atoms with Gasteiger partial charge in [-0.05, 0) is 52.9 Å². The third-order valence-electron chi connectivity index (χ3n) is 2.72. The van der Waals surface area contributed by atoms with Crippen molar-refractivity contribution in [3.63, 3.8) is 0 Å². The smallest absolute Gasteiger partial charge is 0.138 e. The molecule has 0 aliphatic rings. The summed E-state index contributed by atoms with van der Waals surface area (Å²) in [4.78, 5) is 14.3. The van der Waals surface area contributed by atoms with Crippen molar-refractivity contribution in [1.29, 1.82) is 0 Å². The van der Waals surface area contributed by atoms with Crippen molar-refractivity contribution in [1.82, 2.24) is 19.9 Å². The summed E-state index contributed by atoms with van der Waals surface area (Å²) in [6.45, 7) is 0. The lowest BCUT2D eigenvalue weighted by Gasteiger charge is -1.85. The molecule has 4 aromatic heterocycles. The molecular formula is C14H11IN4. The van der Waals surface area contributed by atoms with Crippen LogP contribution in [-0.2, 0) is 0 Å². The van der Waals surface area contributed by atoms with Gasteiger partial charge in [0.15, 0.2) is 0 Å². The molecule has 0 spiro atoms. The highest BCUT2D eigenvalue weighted by Crippen LogP contribution is 2.16. The highest BCUT2D eigenvalue weighted by molar-refractivity contribution is 14.1. The Balaban J connectivity index is 0.000000117. The van der Waals surface area contributed by atoms with E-state index in [2.05, 4.69) is 48.6 Å². The molecule has 0 unspecified atom stereocenters. The first-order valence-electron chi connectivity index (χ1n) is 5.80. The normalized spacial score (nSPS) is 10.4. The van der Waals surface area contributed by atoms with Gasteiger partial charge in [0.1, 0.15) is 11.3 Å². The zero-order chi connectivity index (χ0) is 13.1. The molecule has 5 heteroatoms. The van der Waals surface area contributed by atoms with E-state index < -0.39 is 0 Å². The van der Waals surface area contributed by atoms with E-state index in [1.165, 1.54) is 8.96 Å². The van der Waals surface area contributed by atoms with Crippen molar-refractivity contribution in [2.45, 2.75) is 0 Å². The lowest BCUT2D eigenvalue weighted by atomic mass is 10.3. The third kappa shape index (κ3) is 2.60. The Morgan fingerprint density at radius 3 is 2.47 bits per heavy atom. The van der Waals surface area contributed by atoms with Gasteiger partial charge in [0, 0.05) is 39.1 Å². The van der Waals surface area contributed by atoms with Gasteiger partial charge in [0.25, 0.3) is 0 Å². The molecule has 94 valence electrons. The highest BCUT2D eigenvalue weighted by atomic mass is 127. The number of hydrogen-bond acceptors (Lipinski definition) is 2. The Bertz CT molecular complexity index is 773. The second kappa shape index (κ2) is 5.40. The van der Waals surface area contributed by atoms with Crippen LogP contribution in [0.5, 0.6) is 0 Å². The molecule has 0 bridgehead atoms. The first-order chi connectivity index (χ1) is 9.34. The summed E-state index contributed by atoms with van der Waals surface area (Å²) in [6, 6.07) is 9.95. The molecule has 19 heavy (non-hydrogen) atoms. The Hall–Kier alpha value is -1.89. The molecular weight excluding hydrogens is 351 g/mol. The van der Waals surface area contributed by atoms with Crippen LogP contribution in [-0.4, -0.2) is 19.9 Å². The van der Waals surface area contributed by atoms with Crippen molar-refractivity contribution in [2.75, 3.05) is 0 Å². The second-order valence-electron chi connectivity index (χ2n) is 3.96. The van der Waals surface area contributed by atoms with E-state index in [4.69, 9.17) is 0 Å². The maximum atomic E-state index is 4.14. The topological polar surface area (TPSA) is 57.4 Å². The molecule has 0 atom stereocenters. The predicted octanol–water partition coefficient (Wildman–Crippen LogP) is 3.73. The fraction of sp³-hybridized carbons (Fsp3) is 0. The van der Waals surface area contributed by atoms with Crippen LogP contribution in [0.15, 0.2) is 55.1 Å². The fourth-order valence-corrected chi connectivity index (χ4v) is 2.40. The Labute approximate surface area is 123 Å². The molecule has 0 amide bonds. The Kier molecular flexibility index (Phi) is 3.45. The largest absolute Gasteiger partial charge is 0.346 e. The molecule has 4 heterocycles. The quantitative estimate of drug-likeness (QED) is 0.469. The second-order valence-corrected chi connectivity index (χ2v) is 5.12. The van der Waals surface area contributed by atoms with Crippen LogP contribution < -0.4 is 0 Å². The molecule has 4 nitrogen and oxygen atoms in total. The van der Waals surface area contributed by atoms with Crippen molar-refractivity contribution >= 4 is 44.7 Å². The first-order valence-corrected chi connectivity index (χ1v) is 6.88. The average molecular weight is 362 g/mol. The van der Waals surface area contributed by atoms with Crippen molar-refractivity contribution in [3.8, 4) is 0 Å². The number of halogens is 1. The molecule has 0 radical (unpaired) electrons. The van der Waals surface area contributed by atoms with Crippen molar-refractivity contribution in [3.05, 3.63) is 58.7 Å². The number of rotatable bonds is 0. The van der Waals surface area contributed by atoms with Crippen LogP contribution in [0, 0.1) is 3.57 Å². The van der Waals surface area contributed by atoms with Crippen molar-refractivity contribution < 1.29 is 0 Å². The molecule has 4 aromatic rings. The lowest BCUT2D eigenvalue weighted by molar-refractivity contribution is 1.32. The van der Waals surface area contributed by atoms with Crippen LogP contribution in [0.1, 0.15) is 0 Å². The van der Waals surface area contributed by atoms with Gasteiger partial charge in [-0.25, -0.2) is 9.97 Å². The summed E-state index contributed by atoms with van der Waals surface area (Å²) >= 11 is 2.28. The van der Waals surface area contributed by atoms with E-state index >= 15 is 0 Å². The lowest BCUT2D eigenvalue weighted by Crippen LogP contribution is -1.71. The van der Waals surface area contributed by atoms with Gasteiger partial charge < -0.3 is 9.97 Å². The van der Waals surface area contributed by atoms with Gasteiger partial charge in [-0.15, -0.1) is 0 Å². The molecule has 0 saturated heterocycles. The van der Waals surface area contributed by atoms with E-state index in [0.29, 0.717) is 0 Å². The highest BCUT2D eigenvalue weighted by Gasteiger charge is 1.97. The Morgan fingerprint density at radius 1 is 0.895 bits per heavy atom. The van der Waals surface area contributed by atoms with Crippen molar-refractivity contribution in [2.24, 2.45) is 0 Å². The van der Waals surface area contributed by atoms with Gasteiger partial charge in [0.2, 0.25) is 0 Å². The van der Waals surface area contributed by atoms with E-state index in [1.54, 1.807) is 12.4 Å². The third-order valence-corrected chi connectivity index (χ3v) is 3.61. The zero-order valence-electron chi connectivity index (χ0n) is 9.97. The standard InChI is InChI=1S/C7H5IN2.C7H6N2/c8-6-4-10-7-5(6)2-1-3-9-7;1-2-6-3-5-9-7(6)8-4-1/h1-4H,(H,9,10);1-5H,(H,8,9). The molecule has 0 fully saturated rings. The summed E-state index contributed by atoms with van der Waals surface area (Å²) in [5.74, 6) is 0. The Morgan fingerprint density at radius 2 is 1.68 bits per heavy atom. The van der Waals surface area contributed by atoms with Crippen LogP contribution in [0.25, 0.3) is 22.1 Å². The number of H-pyrrole nitrogens is 2. The van der Waals surface area contributed by atoms with Crippen LogP contribution in [0.4, 0.5) is 0 Å². The predicted molar refractivity (Wildman–Crippen MR) is 84.9 cm³/mol. The molecule has 2 N–H and O–H groups in total. The molecule has 0 saturated carbocycles. The number of nitrogens with one attached hydrogen (secondary N) is 2. The summed E-state index contributed by atoms with van der Waals surface area (Å²) in [5, 5.41) is 2.36. The number of aromatic nitrogens is 4. The van der Waals surface area contributed by atoms with Gasteiger partial charge in [0.05, 0.1) is 0 Å². The van der Waals surface area contributed by atoms with Gasteiger partial charge in [-0.3, -0.25) is 0 Å². The van der Waals surface area contributed by atoms with Gasteiger partial charge >= 0.3 is 0 Å². The van der Waals surface area contributed by atoms with Crippen LogP contribution >= 0.6 is 22.6 Å². The van der Waals surface area contributed by atoms with E-state index in [0.717, 1.165) is 16.7 Å². The summed E-state index contributed by atoms with van der Waals surface area (Å²) in [6.07, 6.45) is 7.41. The number of pyridine rings is 2. The SMILES string of the molecule is Ic1c[nH]c2ncccc12.c1cnc2[nH]ccc2c1. The molecule has 4 rings (SSSR count). The molecule has 0 aliphatic carbocycles. The van der Waals surface area contributed by atoms with Gasteiger partial charge in [-0.2, -0.15) is 0 Å². The molecule has 0 aromatic carbocycles. The monoisotopic (exact) mass is 362 g/mol. The minimum absolute atomic E-state index is 0.956. The van der Waals surface area contributed by atoms with E-state index in [9.17, 15) is 0 Å². The summed E-state index contributed by atoms with van der Waals surface area (Å²) in [7, 11) is 0. The number of nitrogens with zero attached hydrogens (tertiary/aromatic N) is 2. The first kappa shape index (κ1) is 12.2. The number of fused-ring (bicyclic) bond motifs is 2. The van der Waals surface area contributed by atoms with Crippen LogP contribution in [0.2, 0.25) is 0 Å².